The molecule has 0 aliphatic carbocycles. The minimum atomic E-state index is -0.387. The van der Waals surface area contributed by atoms with Crippen LogP contribution >= 0.6 is 12.2 Å². The molecule has 0 aliphatic rings. The van der Waals surface area contributed by atoms with Gasteiger partial charge in [0.2, 0.25) is 0 Å². The van der Waals surface area contributed by atoms with Gasteiger partial charge in [0.1, 0.15) is 22.7 Å². The number of halogens is 1. The summed E-state index contributed by atoms with van der Waals surface area (Å²) < 4.78 is 19.0. The molecule has 19 heavy (non-hydrogen) atoms. The lowest BCUT2D eigenvalue weighted by atomic mass is 10.1. The predicted octanol–water partition coefficient (Wildman–Crippen LogP) is 3.60. The lowest BCUT2D eigenvalue weighted by Crippen LogP contribution is -2.13. The van der Waals surface area contributed by atoms with Crippen LogP contribution in [0.1, 0.15) is 24.2 Å². The van der Waals surface area contributed by atoms with E-state index in [0.29, 0.717) is 11.3 Å². The normalized spacial score (nSPS) is 11.9. The first kappa shape index (κ1) is 13.5. The van der Waals surface area contributed by atoms with Gasteiger partial charge in [0.15, 0.2) is 0 Å². The maximum Gasteiger partial charge on any atom is 0.130 e. The van der Waals surface area contributed by atoms with Gasteiger partial charge in [0.25, 0.3) is 0 Å². The van der Waals surface area contributed by atoms with Crippen molar-refractivity contribution in [2.45, 2.75) is 13.0 Å². The molecule has 2 aromatic carbocycles. The van der Waals surface area contributed by atoms with Crippen molar-refractivity contribution in [2.75, 3.05) is 0 Å². The van der Waals surface area contributed by atoms with Crippen LogP contribution in [-0.4, -0.2) is 4.99 Å². The number of thiocarbonyl (C=S) groups is 1. The number of hydrogen-bond donors (Lipinski definition) is 1. The number of nitrogens with two attached hydrogens (primary N) is 1. The third-order valence-corrected chi connectivity index (χ3v) is 3.00. The van der Waals surface area contributed by atoms with Crippen LogP contribution in [0.2, 0.25) is 0 Å². The van der Waals surface area contributed by atoms with Gasteiger partial charge in [0, 0.05) is 0 Å². The van der Waals surface area contributed by atoms with Crippen LogP contribution in [-0.2, 0) is 0 Å². The lowest BCUT2D eigenvalue weighted by Gasteiger charge is -2.17. The highest BCUT2D eigenvalue weighted by Crippen LogP contribution is 2.26. The molecule has 0 bridgehead atoms. The summed E-state index contributed by atoms with van der Waals surface area (Å²) in [5, 5.41) is 0. The molecule has 0 radical (unpaired) electrons. The highest BCUT2D eigenvalue weighted by molar-refractivity contribution is 7.80. The largest absolute Gasteiger partial charge is 0.485 e. The first-order valence-corrected chi connectivity index (χ1v) is 6.29. The molecule has 0 saturated carbocycles. The molecule has 0 spiro atoms. The Balaban J connectivity index is 2.26. The van der Waals surface area contributed by atoms with Gasteiger partial charge < -0.3 is 10.5 Å². The summed E-state index contributed by atoms with van der Waals surface area (Å²) in [5.74, 6) is 0.104. The van der Waals surface area contributed by atoms with Gasteiger partial charge in [-0.3, -0.25) is 0 Å². The topological polar surface area (TPSA) is 35.2 Å². The van der Waals surface area contributed by atoms with Crippen LogP contribution < -0.4 is 10.5 Å². The summed E-state index contributed by atoms with van der Waals surface area (Å²) in [6.45, 7) is 1.92. The first-order chi connectivity index (χ1) is 9.08. The van der Waals surface area contributed by atoms with Gasteiger partial charge in [-0.2, -0.15) is 0 Å². The summed E-state index contributed by atoms with van der Waals surface area (Å²) >= 11 is 4.91. The van der Waals surface area contributed by atoms with E-state index >= 15 is 0 Å². The van der Waals surface area contributed by atoms with Gasteiger partial charge in [-0.15, -0.1) is 0 Å². The lowest BCUT2D eigenvalue weighted by molar-refractivity contribution is 0.226. The second kappa shape index (κ2) is 5.80. The van der Waals surface area contributed by atoms with Crippen molar-refractivity contribution in [1.82, 2.24) is 0 Å². The SMILES string of the molecule is CC(Oc1ccc(F)cc1C(N)=S)c1ccccc1. The minimum absolute atomic E-state index is 0.120. The fourth-order valence-electron chi connectivity index (χ4n) is 1.78. The Hall–Kier alpha value is -1.94. The van der Waals surface area contributed by atoms with E-state index in [1.165, 1.54) is 12.1 Å². The van der Waals surface area contributed by atoms with Crippen LogP contribution in [0.3, 0.4) is 0 Å². The highest BCUT2D eigenvalue weighted by atomic mass is 32.1. The fraction of sp³-hybridized carbons (Fsp3) is 0.133. The zero-order chi connectivity index (χ0) is 13.8. The van der Waals surface area contributed by atoms with Gasteiger partial charge in [-0.05, 0) is 30.7 Å². The van der Waals surface area contributed by atoms with Crippen molar-refractivity contribution >= 4 is 17.2 Å². The van der Waals surface area contributed by atoms with Gasteiger partial charge in [-0.25, -0.2) is 4.39 Å². The summed E-state index contributed by atoms with van der Waals surface area (Å²) in [6, 6.07) is 13.9. The quantitative estimate of drug-likeness (QED) is 0.866. The number of rotatable bonds is 4. The Morgan fingerprint density at radius 2 is 1.89 bits per heavy atom. The maximum atomic E-state index is 13.2. The van der Waals surface area contributed by atoms with Crippen molar-refractivity contribution < 1.29 is 9.13 Å². The van der Waals surface area contributed by atoms with E-state index in [1.54, 1.807) is 6.07 Å². The Kier molecular flexibility index (Phi) is 4.12. The van der Waals surface area contributed by atoms with Crippen LogP contribution in [0, 0.1) is 5.82 Å². The van der Waals surface area contributed by atoms with Crippen molar-refractivity contribution in [1.29, 1.82) is 0 Å². The molecular weight excluding hydrogens is 261 g/mol. The molecule has 0 aromatic heterocycles. The van der Waals surface area contributed by atoms with E-state index in [9.17, 15) is 4.39 Å². The fourth-order valence-corrected chi connectivity index (χ4v) is 1.94. The molecule has 2 N–H and O–H groups in total. The molecule has 0 saturated heterocycles. The van der Waals surface area contributed by atoms with Gasteiger partial charge in [0.05, 0.1) is 5.56 Å². The number of ether oxygens (including phenoxy) is 1. The summed E-state index contributed by atoms with van der Waals surface area (Å²) in [7, 11) is 0. The molecule has 0 amide bonds. The van der Waals surface area contributed by atoms with Gasteiger partial charge in [-0.1, -0.05) is 42.5 Å². The Morgan fingerprint density at radius 1 is 1.21 bits per heavy atom. The first-order valence-electron chi connectivity index (χ1n) is 5.89. The van der Waals surface area contributed by atoms with Crippen molar-refractivity contribution in [3.05, 3.63) is 65.5 Å². The van der Waals surface area contributed by atoms with Crippen LogP contribution in [0.5, 0.6) is 5.75 Å². The third kappa shape index (κ3) is 3.29. The Morgan fingerprint density at radius 3 is 2.53 bits per heavy atom. The monoisotopic (exact) mass is 275 g/mol. The molecule has 1 atom stereocenters. The van der Waals surface area contributed by atoms with E-state index in [-0.39, 0.29) is 16.9 Å². The molecule has 2 rings (SSSR count). The molecule has 2 nitrogen and oxygen atoms in total. The average Bonchev–Trinajstić information content (AvgIpc) is 2.41. The Labute approximate surface area is 117 Å². The van der Waals surface area contributed by atoms with Crippen molar-refractivity contribution in [3.8, 4) is 5.75 Å². The molecule has 1 unspecified atom stereocenters. The third-order valence-electron chi connectivity index (χ3n) is 2.78. The van der Waals surface area contributed by atoms with Crippen LogP contribution in [0.25, 0.3) is 0 Å². The van der Waals surface area contributed by atoms with Crippen LogP contribution in [0.4, 0.5) is 4.39 Å². The molecule has 0 aliphatic heterocycles. The van der Waals surface area contributed by atoms with E-state index in [2.05, 4.69) is 0 Å². The summed E-state index contributed by atoms with van der Waals surface area (Å²) in [6.07, 6.45) is -0.167. The van der Waals surface area contributed by atoms with Crippen molar-refractivity contribution in [3.63, 3.8) is 0 Å². The second-order valence-electron chi connectivity index (χ2n) is 4.18. The zero-order valence-electron chi connectivity index (χ0n) is 10.5. The van der Waals surface area contributed by atoms with Gasteiger partial charge >= 0.3 is 0 Å². The standard InChI is InChI=1S/C15H14FNOS/c1-10(11-5-3-2-4-6-11)18-14-8-7-12(16)9-13(14)15(17)19/h2-10H,1H3,(H2,17,19). The molecule has 4 heteroatoms. The molecule has 0 fully saturated rings. The number of hydrogen-bond acceptors (Lipinski definition) is 2. The molecular formula is C15H14FNOS. The highest BCUT2D eigenvalue weighted by Gasteiger charge is 2.12. The van der Waals surface area contributed by atoms with E-state index < -0.39 is 0 Å². The number of benzene rings is 2. The summed E-state index contributed by atoms with van der Waals surface area (Å²) in [5.41, 5.74) is 7.03. The van der Waals surface area contributed by atoms with E-state index in [1.807, 2.05) is 37.3 Å². The smallest absolute Gasteiger partial charge is 0.130 e. The maximum absolute atomic E-state index is 13.2. The van der Waals surface area contributed by atoms with E-state index in [0.717, 1.165) is 5.56 Å². The minimum Gasteiger partial charge on any atom is -0.485 e. The zero-order valence-corrected chi connectivity index (χ0v) is 11.3. The van der Waals surface area contributed by atoms with E-state index in [4.69, 9.17) is 22.7 Å². The Bertz CT molecular complexity index is 586. The molecule has 2 aromatic rings. The predicted molar refractivity (Wildman–Crippen MR) is 77.8 cm³/mol. The summed E-state index contributed by atoms with van der Waals surface area (Å²) in [4.78, 5) is 0.120. The molecule has 98 valence electrons. The van der Waals surface area contributed by atoms with Crippen LogP contribution in [0.15, 0.2) is 48.5 Å². The average molecular weight is 275 g/mol. The molecule has 0 heterocycles. The second-order valence-corrected chi connectivity index (χ2v) is 4.62. The van der Waals surface area contributed by atoms with Crippen molar-refractivity contribution in [2.24, 2.45) is 5.73 Å².